The van der Waals surface area contributed by atoms with Gasteiger partial charge in [-0.2, -0.15) is 0 Å². The van der Waals surface area contributed by atoms with Crippen molar-refractivity contribution >= 4 is 17.6 Å². The van der Waals surface area contributed by atoms with Crippen LogP contribution in [-0.2, 0) is 4.79 Å². The quantitative estimate of drug-likeness (QED) is 0.835. The second kappa shape index (κ2) is 6.93. The van der Waals surface area contributed by atoms with Gasteiger partial charge in [-0.3, -0.25) is 4.79 Å². The Hall–Kier alpha value is -2.04. The predicted molar refractivity (Wildman–Crippen MR) is 79.1 cm³/mol. The Morgan fingerprint density at radius 3 is 2.45 bits per heavy atom. The number of hydrogen-bond donors (Lipinski definition) is 2. The molecule has 0 saturated heterocycles. The third kappa shape index (κ3) is 4.57. The van der Waals surface area contributed by atoms with Gasteiger partial charge in [0.2, 0.25) is 0 Å². The molecule has 1 aromatic carbocycles. The van der Waals surface area contributed by atoms with E-state index in [4.69, 9.17) is 5.11 Å². The van der Waals surface area contributed by atoms with Crippen molar-refractivity contribution in [3.8, 4) is 0 Å². The minimum absolute atomic E-state index is 0.199. The van der Waals surface area contributed by atoms with Crippen LogP contribution in [0.1, 0.15) is 30.6 Å². The third-order valence-electron chi connectivity index (χ3n) is 2.94. The Bertz CT molecular complexity index is 484. The third-order valence-corrected chi connectivity index (χ3v) is 2.94. The Morgan fingerprint density at radius 2 is 1.95 bits per heavy atom. The zero-order valence-corrected chi connectivity index (χ0v) is 12.4. The first kappa shape index (κ1) is 16.0. The predicted octanol–water partition coefficient (Wildman–Crippen LogP) is 1.98. The summed E-state index contributed by atoms with van der Waals surface area (Å²) < 4.78 is 0. The summed E-state index contributed by atoms with van der Waals surface area (Å²) in [5.41, 5.74) is 1.36. The molecule has 0 aromatic heterocycles. The maximum atomic E-state index is 12.1. The minimum Gasteiger partial charge on any atom is -0.480 e. The van der Waals surface area contributed by atoms with Gasteiger partial charge in [0.15, 0.2) is 0 Å². The van der Waals surface area contributed by atoms with E-state index in [0.29, 0.717) is 12.0 Å². The number of benzene rings is 1. The van der Waals surface area contributed by atoms with Crippen LogP contribution in [0.5, 0.6) is 0 Å². The van der Waals surface area contributed by atoms with Gasteiger partial charge in [0.25, 0.3) is 5.91 Å². The maximum Gasteiger partial charge on any atom is 0.326 e. The van der Waals surface area contributed by atoms with Crippen molar-refractivity contribution < 1.29 is 14.7 Å². The average Bonchev–Trinajstić information content (AvgIpc) is 2.37. The molecule has 5 nitrogen and oxygen atoms in total. The molecular formula is C15H22N2O3. The Kier molecular flexibility index (Phi) is 5.55. The number of nitrogens with zero attached hydrogens (tertiary/aromatic N) is 1. The summed E-state index contributed by atoms with van der Waals surface area (Å²) in [6.45, 7) is 3.85. The van der Waals surface area contributed by atoms with Crippen molar-refractivity contribution in [1.29, 1.82) is 0 Å². The number of aliphatic carboxylic acids is 1. The van der Waals surface area contributed by atoms with Gasteiger partial charge in [0.05, 0.1) is 0 Å². The van der Waals surface area contributed by atoms with Crippen LogP contribution in [-0.4, -0.2) is 37.1 Å². The summed E-state index contributed by atoms with van der Waals surface area (Å²) in [5, 5.41) is 11.7. The van der Waals surface area contributed by atoms with Crippen LogP contribution >= 0.6 is 0 Å². The standard InChI is InChI=1S/C15H22N2O3/c1-10(2)8-13(15(19)20)16-14(18)11-6-5-7-12(9-11)17(3)4/h5-7,9-10,13H,8H2,1-4H3,(H,16,18)(H,19,20). The van der Waals surface area contributed by atoms with Crippen LogP contribution in [0.15, 0.2) is 24.3 Å². The fourth-order valence-corrected chi connectivity index (χ4v) is 1.86. The highest BCUT2D eigenvalue weighted by Gasteiger charge is 2.21. The number of rotatable bonds is 6. The fraction of sp³-hybridized carbons (Fsp3) is 0.467. The average molecular weight is 278 g/mol. The number of carbonyl (C=O) groups excluding carboxylic acids is 1. The number of amides is 1. The maximum absolute atomic E-state index is 12.1. The topological polar surface area (TPSA) is 69.6 Å². The molecule has 0 heterocycles. The Balaban J connectivity index is 2.83. The molecule has 110 valence electrons. The van der Waals surface area contributed by atoms with Crippen molar-refractivity contribution in [1.82, 2.24) is 5.32 Å². The highest BCUT2D eigenvalue weighted by atomic mass is 16.4. The summed E-state index contributed by atoms with van der Waals surface area (Å²) in [4.78, 5) is 25.2. The summed E-state index contributed by atoms with van der Waals surface area (Å²) in [6, 6.07) is 6.23. The first-order valence-corrected chi connectivity index (χ1v) is 6.62. The van der Waals surface area contributed by atoms with Crippen LogP contribution in [0.4, 0.5) is 5.69 Å². The molecule has 1 amide bonds. The Morgan fingerprint density at radius 1 is 1.30 bits per heavy atom. The molecule has 0 aliphatic heterocycles. The van der Waals surface area contributed by atoms with Gasteiger partial charge in [0.1, 0.15) is 6.04 Å². The van der Waals surface area contributed by atoms with Crippen LogP contribution in [0, 0.1) is 5.92 Å². The monoisotopic (exact) mass is 278 g/mol. The van der Waals surface area contributed by atoms with Crippen molar-refractivity contribution in [3.63, 3.8) is 0 Å². The molecule has 1 rings (SSSR count). The van der Waals surface area contributed by atoms with E-state index in [1.165, 1.54) is 0 Å². The van der Waals surface area contributed by atoms with E-state index in [1.54, 1.807) is 18.2 Å². The molecule has 1 aromatic rings. The van der Waals surface area contributed by atoms with Gasteiger partial charge in [-0.15, -0.1) is 0 Å². The molecule has 0 radical (unpaired) electrons. The molecule has 5 heteroatoms. The van der Waals surface area contributed by atoms with Crippen LogP contribution in [0.2, 0.25) is 0 Å². The highest BCUT2D eigenvalue weighted by Crippen LogP contribution is 2.14. The lowest BCUT2D eigenvalue weighted by atomic mass is 10.0. The molecule has 0 bridgehead atoms. The van der Waals surface area contributed by atoms with Gasteiger partial charge in [-0.1, -0.05) is 19.9 Å². The number of carbonyl (C=O) groups is 2. The summed E-state index contributed by atoms with van der Waals surface area (Å²) in [7, 11) is 3.77. The zero-order chi connectivity index (χ0) is 15.3. The number of anilines is 1. The smallest absolute Gasteiger partial charge is 0.326 e. The number of carboxylic acids is 1. The molecule has 0 aliphatic rings. The number of nitrogens with one attached hydrogen (secondary N) is 1. The first-order valence-electron chi connectivity index (χ1n) is 6.62. The number of hydrogen-bond acceptors (Lipinski definition) is 3. The van der Waals surface area contributed by atoms with Crippen molar-refractivity contribution in [2.45, 2.75) is 26.3 Å². The van der Waals surface area contributed by atoms with Gasteiger partial charge in [0, 0.05) is 25.3 Å². The largest absolute Gasteiger partial charge is 0.480 e. The molecule has 2 N–H and O–H groups in total. The first-order chi connectivity index (χ1) is 9.31. The van der Waals surface area contributed by atoms with E-state index in [-0.39, 0.29) is 11.8 Å². The molecule has 0 saturated carbocycles. The van der Waals surface area contributed by atoms with Crippen molar-refractivity contribution in [3.05, 3.63) is 29.8 Å². The summed E-state index contributed by atoms with van der Waals surface area (Å²) in [6.07, 6.45) is 0.411. The van der Waals surface area contributed by atoms with Crippen molar-refractivity contribution in [2.75, 3.05) is 19.0 Å². The van der Waals surface area contributed by atoms with Gasteiger partial charge >= 0.3 is 5.97 Å². The summed E-state index contributed by atoms with van der Waals surface area (Å²) >= 11 is 0. The molecule has 0 spiro atoms. The van der Waals surface area contributed by atoms with Gasteiger partial charge in [-0.05, 0) is 30.5 Å². The van der Waals surface area contributed by atoms with E-state index >= 15 is 0 Å². The van der Waals surface area contributed by atoms with Crippen LogP contribution in [0.25, 0.3) is 0 Å². The normalized spacial score (nSPS) is 12.1. The lowest BCUT2D eigenvalue weighted by Gasteiger charge is -2.17. The molecule has 0 fully saturated rings. The van der Waals surface area contributed by atoms with E-state index in [0.717, 1.165) is 5.69 Å². The van der Waals surface area contributed by atoms with Crippen LogP contribution in [0.3, 0.4) is 0 Å². The lowest BCUT2D eigenvalue weighted by Crippen LogP contribution is -2.41. The minimum atomic E-state index is -1.00. The summed E-state index contributed by atoms with van der Waals surface area (Å²) in [5.74, 6) is -1.16. The van der Waals surface area contributed by atoms with E-state index < -0.39 is 12.0 Å². The molecular weight excluding hydrogens is 256 g/mol. The van der Waals surface area contributed by atoms with E-state index in [2.05, 4.69) is 5.32 Å². The second-order valence-electron chi connectivity index (χ2n) is 5.44. The van der Waals surface area contributed by atoms with Gasteiger partial charge in [-0.25, -0.2) is 4.79 Å². The second-order valence-corrected chi connectivity index (χ2v) is 5.44. The number of carboxylic acid groups (broad SMARTS) is 1. The molecule has 1 unspecified atom stereocenters. The molecule has 20 heavy (non-hydrogen) atoms. The van der Waals surface area contributed by atoms with Gasteiger partial charge < -0.3 is 15.3 Å². The lowest BCUT2D eigenvalue weighted by molar-refractivity contribution is -0.139. The van der Waals surface area contributed by atoms with Crippen molar-refractivity contribution in [2.24, 2.45) is 5.92 Å². The van der Waals surface area contributed by atoms with E-state index in [9.17, 15) is 9.59 Å². The van der Waals surface area contributed by atoms with Crippen LogP contribution < -0.4 is 10.2 Å². The fourth-order valence-electron chi connectivity index (χ4n) is 1.86. The molecule has 0 aliphatic carbocycles. The van der Waals surface area contributed by atoms with E-state index in [1.807, 2.05) is 38.9 Å². The zero-order valence-electron chi connectivity index (χ0n) is 12.4. The highest BCUT2D eigenvalue weighted by molar-refractivity contribution is 5.97. The Labute approximate surface area is 119 Å². The SMILES string of the molecule is CC(C)CC(NC(=O)c1cccc(N(C)C)c1)C(=O)O. The molecule has 1 atom stereocenters.